The molecule has 0 bridgehead atoms. The van der Waals surface area contributed by atoms with Crippen LogP contribution in [-0.4, -0.2) is 6.54 Å². The van der Waals surface area contributed by atoms with Crippen LogP contribution in [0.1, 0.15) is 33.1 Å². The van der Waals surface area contributed by atoms with Gasteiger partial charge in [-0.1, -0.05) is 11.6 Å². The molecule has 0 saturated heterocycles. The molecule has 2 heteroatoms. The molecule has 0 saturated carbocycles. The zero-order chi connectivity index (χ0) is 7.82. The lowest BCUT2D eigenvalue weighted by atomic mass is 10.1. The molecule has 2 nitrogen and oxygen atoms in total. The van der Waals surface area contributed by atoms with Crippen molar-refractivity contribution in [3.05, 3.63) is 11.6 Å². The molecule has 0 unspecified atom stereocenters. The number of unbranched alkanes of at least 4 members (excludes halogenated alkanes) is 1. The van der Waals surface area contributed by atoms with E-state index < -0.39 is 0 Å². The van der Waals surface area contributed by atoms with E-state index in [0.717, 1.165) is 6.54 Å². The van der Waals surface area contributed by atoms with E-state index in [9.17, 15) is 0 Å². The largest absolute Gasteiger partial charge is 0.271 e. The molecule has 0 aromatic rings. The molecular weight excluding hydrogens is 124 g/mol. The van der Waals surface area contributed by atoms with Crippen molar-refractivity contribution >= 4 is 0 Å². The maximum Gasteiger partial charge on any atom is 0.00975 e. The fourth-order valence-corrected chi connectivity index (χ4v) is 0.775. The minimum absolute atomic E-state index is 0.928. The van der Waals surface area contributed by atoms with Crippen LogP contribution in [-0.2, 0) is 0 Å². The Hall–Kier alpha value is -0.340. The number of hydrazine groups is 1. The van der Waals surface area contributed by atoms with E-state index in [0.29, 0.717) is 0 Å². The van der Waals surface area contributed by atoms with E-state index >= 15 is 0 Å². The van der Waals surface area contributed by atoms with Crippen molar-refractivity contribution in [2.75, 3.05) is 6.54 Å². The van der Waals surface area contributed by atoms with Gasteiger partial charge in [0, 0.05) is 6.54 Å². The van der Waals surface area contributed by atoms with E-state index in [2.05, 4.69) is 25.3 Å². The van der Waals surface area contributed by atoms with Gasteiger partial charge in [0.25, 0.3) is 0 Å². The Kier molecular flexibility index (Phi) is 6.55. The first-order valence-corrected chi connectivity index (χ1v) is 3.86. The lowest BCUT2D eigenvalue weighted by Gasteiger charge is -1.99. The van der Waals surface area contributed by atoms with E-state index in [1.807, 2.05) is 0 Å². The summed E-state index contributed by atoms with van der Waals surface area (Å²) in [4.78, 5) is 0. The summed E-state index contributed by atoms with van der Waals surface area (Å²) in [5.74, 6) is 5.11. The molecule has 0 rings (SSSR count). The maximum absolute atomic E-state index is 5.11. The fourth-order valence-electron chi connectivity index (χ4n) is 0.775. The van der Waals surface area contributed by atoms with Crippen molar-refractivity contribution in [1.82, 2.24) is 5.43 Å². The van der Waals surface area contributed by atoms with Gasteiger partial charge in [-0.05, 0) is 33.1 Å². The molecule has 0 heterocycles. The predicted molar refractivity (Wildman–Crippen MR) is 45.5 cm³/mol. The van der Waals surface area contributed by atoms with Crippen LogP contribution < -0.4 is 11.3 Å². The summed E-state index contributed by atoms with van der Waals surface area (Å²) in [6, 6.07) is 0. The van der Waals surface area contributed by atoms with Crippen molar-refractivity contribution in [1.29, 1.82) is 0 Å². The van der Waals surface area contributed by atoms with Crippen LogP contribution in [0.25, 0.3) is 0 Å². The summed E-state index contributed by atoms with van der Waals surface area (Å²) in [5, 5.41) is 0. The highest BCUT2D eigenvalue weighted by Crippen LogP contribution is 2.04. The summed E-state index contributed by atoms with van der Waals surface area (Å²) in [6.45, 7) is 5.17. The molecule has 0 spiro atoms. The van der Waals surface area contributed by atoms with Gasteiger partial charge in [0.05, 0.1) is 0 Å². The summed E-state index contributed by atoms with van der Waals surface area (Å²) < 4.78 is 0. The average Bonchev–Trinajstić information content (AvgIpc) is 1.98. The van der Waals surface area contributed by atoms with Crippen LogP contribution in [0, 0.1) is 0 Å². The van der Waals surface area contributed by atoms with Crippen molar-refractivity contribution in [3.8, 4) is 0 Å². The Balaban J connectivity index is 3.04. The van der Waals surface area contributed by atoms with Gasteiger partial charge < -0.3 is 0 Å². The molecule has 3 N–H and O–H groups in total. The van der Waals surface area contributed by atoms with Crippen molar-refractivity contribution in [2.45, 2.75) is 33.1 Å². The third-order valence-corrected chi connectivity index (χ3v) is 1.64. The molecule has 0 fully saturated rings. The second kappa shape index (κ2) is 6.78. The van der Waals surface area contributed by atoms with Gasteiger partial charge in [0.2, 0.25) is 0 Å². The normalized spacial score (nSPS) is 12.1. The molecule has 0 radical (unpaired) electrons. The van der Waals surface area contributed by atoms with Gasteiger partial charge in [-0.2, -0.15) is 0 Å². The van der Waals surface area contributed by atoms with Crippen LogP contribution in [0.5, 0.6) is 0 Å². The zero-order valence-electron chi connectivity index (χ0n) is 6.98. The lowest BCUT2D eigenvalue weighted by Crippen LogP contribution is -2.22. The first-order chi connectivity index (χ1) is 4.81. The summed E-state index contributed by atoms with van der Waals surface area (Å²) in [5.41, 5.74) is 4.11. The number of rotatable bonds is 5. The number of allylic oxidation sites excluding steroid dienone is 2. The van der Waals surface area contributed by atoms with E-state index in [4.69, 9.17) is 5.84 Å². The van der Waals surface area contributed by atoms with Crippen LogP contribution in [0.2, 0.25) is 0 Å². The standard InChI is InChI=1S/C8H18N2/c1-3-8(2)6-4-5-7-10-9/h3,10H,4-7,9H2,1-2H3/b8-3+. The average molecular weight is 142 g/mol. The highest BCUT2D eigenvalue weighted by atomic mass is 15.2. The van der Waals surface area contributed by atoms with Crippen LogP contribution >= 0.6 is 0 Å². The van der Waals surface area contributed by atoms with Crippen LogP contribution in [0.4, 0.5) is 0 Å². The Morgan fingerprint density at radius 2 is 2.20 bits per heavy atom. The lowest BCUT2D eigenvalue weighted by molar-refractivity contribution is 0.643. The third kappa shape index (κ3) is 5.79. The molecule has 0 aromatic carbocycles. The van der Waals surface area contributed by atoms with Gasteiger partial charge in [-0.3, -0.25) is 11.3 Å². The van der Waals surface area contributed by atoms with Crippen molar-refractivity contribution in [2.24, 2.45) is 5.84 Å². The van der Waals surface area contributed by atoms with Gasteiger partial charge in [0.15, 0.2) is 0 Å². The van der Waals surface area contributed by atoms with E-state index in [-0.39, 0.29) is 0 Å². The molecule has 0 aliphatic heterocycles. The van der Waals surface area contributed by atoms with Gasteiger partial charge in [0.1, 0.15) is 0 Å². The maximum atomic E-state index is 5.11. The molecular formula is C8H18N2. The number of nitrogens with two attached hydrogens (primary N) is 1. The van der Waals surface area contributed by atoms with E-state index in [1.165, 1.54) is 24.8 Å². The van der Waals surface area contributed by atoms with Gasteiger partial charge in [-0.15, -0.1) is 0 Å². The van der Waals surface area contributed by atoms with Gasteiger partial charge >= 0.3 is 0 Å². The smallest absolute Gasteiger partial charge is 0.00975 e. The number of nitrogens with one attached hydrogen (secondary N) is 1. The minimum Gasteiger partial charge on any atom is -0.271 e. The second-order valence-electron chi connectivity index (χ2n) is 2.55. The number of hydrogen-bond acceptors (Lipinski definition) is 2. The van der Waals surface area contributed by atoms with Crippen LogP contribution in [0.15, 0.2) is 11.6 Å². The molecule has 0 aromatic heterocycles. The second-order valence-corrected chi connectivity index (χ2v) is 2.55. The number of hydrogen-bond donors (Lipinski definition) is 2. The SMILES string of the molecule is C/C=C(\C)CCCCNN. The third-order valence-electron chi connectivity index (χ3n) is 1.64. The highest BCUT2D eigenvalue weighted by Gasteiger charge is 1.88. The fraction of sp³-hybridized carbons (Fsp3) is 0.750. The topological polar surface area (TPSA) is 38.0 Å². The molecule has 0 aliphatic rings. The quantitative estimate of drug-likeness (QED) is 0.265. The Morgan fingerprint density at radius 3 is 2.70 bits per heavy atom. The summed E-state index contributed by atoms with van der Waals surface area (Å²) >= 11 is 0. The Morgan fingerprint density at radius 1 is 1.50 bits per heavy atom. The zero-order valence-corrected chi connectivity index (χ0v) is 6.98. The molecule has 10 heavy (non-hydrogen) atoms. The minimum atomic E-state index is 0.928. The Labute approximate surface area is 63.5 Å². The molecule has 60 valence electrons. The van der Waals surface area contributed by atoms with E-state index in [1.54, 1.807) is 0 Å². The molecule has 0 aliphatic carbocycles. The predicted octanol–water partition coefficient (Wildman–Crippen LogP) is 1.59. The van der Waals surface area contributed by atoms with Gasteiger partial charge in [-0.25, -0.2) is 0 Å². The summed E-state index contributed by atoms with van der Waals surface area (Å²) in [6.07, 6.45) is 5.77. The van der Waals surface area contributed by atoms with Crippen molar-refractivity contribution in [3.63, 3.8) is 0 Å². The monoisotopic (exact) mass is 142 g/mol. The molecule has 0 amide bonds. The first-order valence-electron chi connectivity index (χ1n) is 3.86. The molecule has 0 atom stereocenters. The van der Waals surface area contributed by atoms with Crippen LogP contribution in [0.3, 0.4) is 0 Å². The summed E-state index contributed by atoms with van der Waals surface area (Å²) in [7, 11) is 0. The Bertz CT molecular complexity index is 97.4. The highest BCUT2D eigenvalue weighted by molar-refractivity contribution is 4.94. The first kappa shape index (κ1) is 9.66. The van der Waals surface area contributed by atoms with Crippen molar-refractivity contribution < 1.29 is 0 Å².